The zero-order chi connectivity index (χ0) is 32.2. The van der Waals surface area contributed by atoms with Gasteiger partial charge in [-0.05, 0) is 108 Å². The second-order valence-corrected chi connectivity index (χ2v) is 14.1. The monoisotopic (exact) mass is 696 g/mol. The molecule has 0 N–H and O–H groups in total. The van der Waals surface area contributed by atoms with E-state index in [0.717, 1.165) is 21.4 Å². The summed E-state index contributed by atoms with van der Waals surface area (Å²) in [6.45, 7) is 2.06. The van der Waals surface area contributed by atoms with E-state index in [-0.39, 0.29) is 0 Å². The highest BCUT2D eigenvalue weighted by molar-refractivity contribution is 9.10. The Morgan fingerprint density at radius 3 is 2.27 bits per heavy atom. The van der Waals surface area contributed by atoms with Crippen molar-refractivity contribution in [1.29, 1.82) is 0 Å². The Morgan fingerprint density at radius 2 is 1.40 bits per heavy atom. The van der Waals surface area contributed by atoms with Crippen molar-refractivity contribution >= 4 is 75.3 Å². The van der Waals surface area contributed by atoms with Crippen molar-refractivity contribution in [1.82, 2.24) is 9.55 Å². The molecule has 9 rings (SSSR count). The Bertz CT molecular complexity index is 2700. The van der Waals surface area contributed by atoms with E-state index < -0.39 is 0 Å². The molecule has 0 aliphatic heterocycles. The van der Waals surface area contributed by atoms with Crippen molar-refractivity contribution in [2.45, 2.75) is 6.92 Å². The number of thiophene rings is 1. The molecule has 0 bridgehead atoms. The van der Waals surface area contributed by atoms with Crippen molar-refractivity contribution in [2.75, 3.05) is 0 Å². The molecular formula is C44H29BrN2S. The van der Waals surface area contributed by atoms with Crippen LogP contribution in [0.2, 0.25) is 0 Å². The summed E-state index contributed by atoms with van der Waals surface area (Å²) in [6.07, 6.45) is 6.11. The minimum Gasteiger partial charge on any atom is -0.309 e. The maximum atomic E-state index is 4.72. The summed E-state index contributed by atoms with van der Waals surface area (Å²) in [5, 5.41) is 5.04. The number of fused-ring (bicyclic) bond motifs is 6. The maximum Gasteiger partial charge on any atom is 0.0702 e. The summed E-state index contributed by atoms with van der Waals surface area (Å²) in [5.74, 6) is 0. The molecule has 0 amide bonds. The van der Waals surface area contributed by atoms with E-state index in [1.807, 2.05) is 23.6 Å². The number of benzene rings is 6. The average Bonchev–Trinajstić information content (AvgIpc) is 3.67. The normalized spacial score (nSPS) is 11.9. The summed E-state index contributed by atoms with van der Waals surface area (Å²) >= 11 is 5.75. The number of aromatic nitrogens is 2. The standard InChI is InChI=1S/C44H29BrN2S/c1-2-10-28-11-9-12-34(21-28)47-41-16-5-3-13-35(41)38-25-29(18-19-42(38)47)30-22-31(24-33(45)23-30)37-26-32(40-15-7-8-20-46-40)27-39-36-14-4-6-17-43(36)48-44(37)39/h2-27H,1H3/b10-2+. The lowest BCUT2D eigenvalue weighted by Gasteiger charge is -2.12. The van der Waals surface area contributed by atoms with Gasteiger partial charge in [-0.15, -0.1) is 11.3 Å². The molecule has 4 heteroatoms. The van der Waals surface area contributed by atoms with E-state index in [9.17, 15) is 0 Å². The van der Waals surface area contributed by atoms with Gasteiger partial charge in [0.05, 0.1) is 16.7 Å². The van der Waals surface area contributed by atoms with Gasteiger partial charge in [-0.2, -0.15) is 0 Å². The fraction of sp³-hybridized carbons (Fsp3) is 0.0227. The summed E-state index contributed by atoms with van der Waals surface area (Å²) in [6, 6.07) is 50.6. The minimum absolute atomic E-state index is 0.976. The molecule has 0 saturated carbocycles. The molecule has 0 saturated heterocycles. The third-order valence-electron chi connectivity index (χ3n) is 9.14. The van der Waals surface area contributed by atoms with Crippen molar-refractivity contribution < 1.29 is 0 Å². The summed E-state index contributed by atoms with van der Waals surface area (Å²) in [7, 11) is 0. The molecule has 0 aliphatic rings. The van der Waals surface area contributed by atoms with E-state index in [1.54, 1.807) is 0 Å². The number of pyridine rings is 1. The highest BCUT2D eigenvalue weighted by Crippen LogP contribution is 2.44. The second kappa shape index (κ2) is 11.7. The molecule has 228 valence electrons. The highest BCUT2D eigenvalue weighted by Gasteiger charge is 2.17. The molecule has 0 aliphatic carbocycles. The number of hydrogen-bond donors (Lipinski definition) is 0. The van der Waals surface area contributed by atoms with Crippen LogP contribution in [-0.2, 0) is 0 Å². The van der Waals surface area contributed by atoms with Gasteiger partial charge in [0.1, 0.15) is 0 Å². The number of nitrogens with zero attached hydrogens (tertiary/aromatic N) is 2. The van der Waals surface area contributed by atoms with Crippen LogP contribution in [0.25, 0.3) is 87.3 Å². The van der Waals surface area contributed by atoms with Gasteiger partial charge in [0.25, 0.3) is 0 Å². The highest BCUT2D eigenvalue weighted by atomic mass is 79.9. The Labute approximate surface area is 291 Å². The van der Waals surface area contributed by atoms with Gasteiger partial charge < -0.3 is 4.57 Å². The SMILES string of the molecule is C/C=C/c1cccc(-n2c3ccccc3c3cc(-c4cc(Br)cc(-c5cc(-c6ccccn6)cc6c5sc5ccccc56)c4)ccc32)c1. The van der Waals surface area contributed by atoms with Crippen LogP contribution < -0.4 is 0 Å². The lowest BCUT2D eigenvalue weighted by Crippen LogP contribution is -1.94. The van der Waals surface area contributed by atoms with Crippen LogP contribution in [0.1, 0.15) is 12.5 Å². The third-order valence-corrected chi connectivity index (χ3v) is 10.8. The van der Waals surface area contributed by atoms with E-state index in [4.69, 9.17) is 4.98 Å². The summed E-state index contributed by atoms with van der Waals surface area (Å²) < 4.78 is 6.02. The van der Waals surface area contributed by atoms with Crippen LogP contribution in [0.4, 0.5) is 0 Å². The molecule has 0 unspecified atom stereocenters. The lowest BCUT2D eigenvalue weighted by molar-refractivity contribution is 1.18. The number of allylic oxidation sites excluding steroid dienone is 1. The molecule has 0 fully saturated rings. The molecule has 6 aromatic carbocycles. The van der Waals surface area contributed by atoms with Crippen molar-refractivity contribution in [3.63, 3.8) is 0 Å². The molecule has 0 radical (unpaired) electrons. The number of halogens is 1. The zero-order valence-corrected chi connectivity index (χ0v) is 28.6. The van der Waals surface area contributed by atoms with Crippen molar-refractivity contribution in [2.24, 2.45) is 0 Å². The molecule has 3 heterocycles. The zero-order valence-electron chi connectivity index (χ0n) is 26.2. The first-order valence-electron chi connectivity index (χ1n) is 16.1. The Balaban J connectivity index is 1.24. The first-order valence-corrected chi connectivity index (χ1v) is 17.7. The first kappa shape index (κ1) is 28.9. The number of para-hydroxylation sites is 1. The predicted molar refractivity (Wildman–Crippen MR) is 210 cm³/mol. The van der Waals surface area contributed by atoms with Crippen molar-refractivity contribution in [3.8, 4) is 39.2 Å². The predicted octanol–water partition coefficient (Wildman–Crippen LogP) is 13.3. The minimum atomic E-state index is 0.976. The van der Waals surface area contributed by atoms with Crippen LogP contribution in [-0.4, -0.2) is 9.55 Å². The van der Waals surface area contributed by atoms with Gasteiger partial charge in [0, 0.05) is 58.4 Å². The Hall–Kier alpha value is -5.29. The van der Waals surface area contributed by atoms with Crippen LogP contribution in [0, 0.1) is 0 Å². The Morgan fingerprint density at radius 1 is 0.604 bits per heavy atom. The van der Waals surface area contributed by atoms with Crippen LogP contribution >= 0.6 is 27.3 Å². The average molecular weight is 698 g/mol. The fourth-order valence-electron chi connectivity index (χ4n) is 7.03. The number of rotatable bonds is 5. The fourth-order valence-corrected chi connectivity index (χ4v) is 8.74. The van der Waals surface area contributed by atoms with Gasteiger partial charge in [0.15, 0.2) is 0 Å². The van der Waals surface area contributed by atoms with Gasteiger partial charge in [0.2, 0.25) is 0 Å². The molecule has 3 aromatic heterocycles. The molecule has 2 nitrogen and oxygen atoms in total. The topological polar surface area (TPSA) is 17.8 Å². The number of hydrogen-bond acceptors (Lipinski definition) is 2. The second-order valence-electron chi connectivity index (χ2n) is 12.1. The quantitative estimate of drug-likeness (QED) is 0.175. The third kappa shape index (κ3) is 4.88. The maximum absolute atomic E-state index is 4.72. The molecule has 9 aromatic rings. The van der Waals surface area contributed by atoms with Crippen LogP contribution in [0.5, 0.6) is 0 Å². The molecular weight excluding hydrogens is 668 g/mol. The summed E-state index contributed by atoms with van der Waals surface area (Å²) in [5.41, 5.74) is 11.6. The van der Waals surface area contributed by atoms with Gasteiger partial charge in [-0.3, -0.25) is 4.98 Å². The smallest absolute Gasteiger partial charge is 0.0702 e. The molecule has 0 atom stereocenters. The summed E-state index contributed by atoms with van der Waals surface area (Å²) in [4.78, 5) is 4.72. The van der Waals surface area contributed by atoms with E-state index in [1.165, 1.54) is 69.8 Å². The molecule has 0 spiro atoms. The van der Waals surface area contributed by atoms with Gasteiger partial charge in [-0.25, -0.2) is 0 Å². The first-order chi connectivity index (χ1) is 23.6. The van der Waals surface area contributed by atoms with E-state index >= 15 is 0 Å². The van der Waals surface area contributed by atoms with Crippen LogP contribution in [0.3, 0.4) is 0 Å². The lowest BCUT2D eigenvalue weighted by atomic mass is 9.95. The van der Waals surface area contributed by atoms with Crippen LogP contribution in [0.15, 0.2) is 156 Å². The Kier molecular flexibility index (Phi) is 7.07. The van der Waals surface area contributed by atoms with Gasteiger partial charge in [-0.1, -0.05) is 88.7 Å². The van der Waals surface area contributed by atoms with E-state index in [0.29, 0.717) is 0 Å². The van der Waals surface area contributed by atoms with Gasteiger partial charge >= 0.3 is 0 Å². The largest absolute Gasteiger partial charge is 0.309 e. The molecule has 48 heavy (non-hydrogen) atoms. The van der Waals surface area contributed by atoms with Crippen molar-refractivity contribution in [3.05, 3.63) is 162 Å². The van der Waals surface area contributed by atoms with E-state index in [2.05, 4.69) is 173 Å².